The van der Waals surface area contributed by atoms with Crippen molar-refractivity contribution in [2.75, 3.05) is 19.8 Å². The Bertz CT molecular complexity index is 692. The molecule has 2 amide bonds. The summed E-state index contributed by atoms with van der Waals surface area (Å²) in [7, 11) is 0. The zero-order valence-corrected chi connectivity index (χ0v) is 17.8. The average molecular weight is 405 g/mol. The number of hydrogen-bond donors (Lipinski definition) is 1. The van der Waals surface area contributed by atoms with Gasteiger partial charge in [-0.3, -0.25) is 9.59 Å². The Kier molecular flexibility index (Phi) is 8.49. The molecule has 0 radical (unpaired) electrons. The molecular formula is C22H32N2O5. The van der Waals surface area contributed by atoms with Crippen LogP contribution in [0.2, 0.25) is 0 Å². The topological polar surface area (TPSA) is 84.9 Å². The van der Waals surface area contributed by atoms with E-state index in [1.807, 2.05) is 18.7 Å². The van der Waals surface area contributed by atoms with Gasteiger partial charge in [-0.1, -0.05) is 13.8 Å². The molecule has 1 fully saturated rings. The Morgan fingerprint density at radius 3 is 2.28 bits per heavy atom. The van der Waals surface area contributed by atoms with Crippen LogP contribution in [0.1, 0.15) is 57.3 Å². The largest absolute Gasteiger partial charge is 0.484 e. The van der Waals surface area contributed by atoms with Gasteiger partial charge in [-0.15, -0.1) is 0 Å². The van der Waals surface area contributed by atoms with Gasteiger partial charge in [0.2, 0.25) is 0 Å². The Hall–Kier alpha value is -2.57. The lowest BCUT2D eigenvalue weighted by atomic mass is 9.97. The highest BCUT2D eigenvalue weighted by Gasteiger charge is 2.28. The van der Waals surface area contributed by atoms with Crippen molar-refractivity contribution in [1.29, 1.82) is 0 Å². The van der Waals surface area contributed by atoms with Gasteiger partial charge in [0.15, 0.2) is 13.2 Å². The second-order valence-corrected chi connectivity index (χ2v) is 8.02. The van der Waals surface area contributed by atoms with E-state index in [-0.39, 0.29) is 37.1 Å². The lowest BCUT2D eigenvalue weighted by molar-refractivity contribution is -0.139. The third-order valence-corrected chi connectivity index (χ3v) is 4.98. The van der Waals surface area contributed by atoms with Crippen LogP contribution in [0.25, 0.3) is 0 Å². The normalized spacial score (nSPS) is 19.0. The van der Waals surface area contributed by atoms with Gasteiger partial charge in [0.25, 0.3) is 11.8 Å². The van der Waals surface area contributed by atoms with E-state index in [9.17, 15) is 14.4 Å². The molecule has 0 aliphatic carbocycles. The quantitative estimate of drug-likeness (QED) is 0.674. The fourth-order valence-corrected chi connectivity index (χ4v) is 3.40. The summed E-state index contributed by atoms with van der Waals surface area (Å²) in [6, 6.07) is 6.80. The number of benzene rings is 1. The first-order valence-corrected chi connectivity index (χ1v) is 10.3. The number of carbonyl (C=O) groups excluding carboxylic acids is 3. The van der Waals surface area contributed by atoms with Crippen molar-refractivity contribution < 1.29 is 23.9 Å². The molecule has 160 valence electrons. The number of nitrogens with one attached hydrogen (secondary N) is 1. The molecule has 7 heteroatoms. The van der Waals surface area contributed by atoms with Crippen LogP contribution < -0.4 is 10.1 Å². The average Bonchev–Trinajstić information content (AvgIpc) is 2.69. The van der Waals surface area contributed by atoms with E-state index in [2.05, 4.69) is 19.2 Å². The predicted octanol–water partition coefficient (Wildman–Crippen LogP) is 2.78. The van der Waals surface area contributed by atoms with Crippen molar-refractivity contribution in [1.82, 2.24) is 10.2 Å². The van der Waals surface area contributed by atoms with Crippen molar-refractivity contribution >= 4 is 17.8 Å². The number of ether oxygens (including phenoxy) is 2. The van der Waals surface area contributed by atoms with Gasteiger partial charge in [-0.05, 0) is 63.3 Å². The molecule has 0 aromatic heterocycles. The summed E-state index contributed by atoms with van der Waals surface area (Å²) in [6.45, 7) is 8.29. The van der Waals surface area contributed by atoms with Crippen molar-refractivity contribution in [3.63, 3.8) is 0 Å². The molecule has 1 heterocycles. The van der Waals surface area contributed by atoms with Crippen LogP contribution in [-0.2, 0) is 14.3 Å². The highest BCUT2D eigenvalue weighted by Crippen LogP contribution is 2.23. The SMILES string of the molecule is CC(C)CNC(=O)COC(=O)c1ccc(OCC(=O)N2C(C)CCCC2C)cc1. The molecule has 0 spiro atoms. The number of rotatable bonds is 8. The van der Waals surface area contributed by atoms with E-state index in [0.29, 0.717) is 23.8 Å². The van der Waals surface area contributed by atoms with Gasteiger partial charge < -0.3 is 19.7 Å². The molecule has 2 rings (SSSR count). The van der Waals surface area contributed by atoms with Gasteiger partial charge in [-0.2, -0.15) is 0 Å². The first-order valence-electron chi connectivity index (χ1n) is 10.3. The number of carbonyl (C=O) groups is 3. The predicted molar refractivity (Wildman–Crippen MR) is 110 cm³/mol. The number of hydrogen-bond acceptors (Lipinski definition) is 5. The van der Waals surface area contributed by atoms with Crippen molar-refractivity contribution in [3.05, 3.63) is 29.8 Å². The van der Waals surface area contributed by atoms with Crippen molar-refractivity contribution in [2.45, 2.75) is 59.0 Å². The molecule has 7 nitrogen and oxygen atoms in total. The maximum atomic E-state index is 12.5. The van der Waals surface area contributed by atoms with Crippen LogP contribution in [0, 0.1) is 5.92 Å². The summed E-state index contributed by atoms with van der Waals surface area (Å²) >= 11 is 0. The third-order valence-electron chi connectivity index (χ3n) is 4.98. The van der Waals surface area contributed by atoms with Crippen LogP contribution in [-0.4, -0.2) is 54.5 Å². The Labute approximate surface area is 172 Å². The summed E-state index contributed by atoms with van der Waals surface area (Å²) in [4.78, 5) is 38.1. The Morgan fingerprint density at radius 2 is 1.69 bits per heavy atom. The molecule has 1 N–H and O–H groups in total. The molecule has 1 aliphatic rings. The molecular weight excluding hydrogens is 372 g/mol. The minimum atomic E-state index is -0.580. The standard InChI is InChI=1S/C22H32N2O5/c1-15(2)12-23-20(25)13-29-22(27)18-8-10-19(11-9-18)28-14-21(26)24-16(3)6-5-7-17(24)4/h8-11,15-17H,5-7,12-14H2,1-4H3,(H,23,25). The first kappa shape index (κ1) is 22.7. The molecule has 2 unspecified atom stereocenters. The second-order valence-electron chi connectivity index (χ2n) is 8.02. The fourth-order valence-electron chi connectivity index (χ4n) is 3.40. The van der Waals surface area contributed by atoms with Gasteiger partial charge in [0, 0.05) is 18.6 Å². The molecule has 1 aromatic carbocycles. The fraction of sp³-hybridized carbons (Fsp3) is 0.591. The lowest BCUT2D eigenvalue weighted by Crippen LogP contribution is -2.49. The monoisotopic (exact) mass is 404 g/mol. The van der Waals surface area contributed by atoms with Crippen LogP contribution >= 0.6 is 0 Å². The Morgan fingerprint density at radius 1 is 1.07 bits per heavy atom. The summed E-state index contributed by atoms with van der Waals surface area (Å²) in [5, 5.41) is 2.69. The molecule has 2 atom stereocenters. The van der Waals surface area contributed by atoms with Crippen LogP contribution in [0.4, 0.5) is 0 Å². The van der Waals surface area contributed by atoms with Gasteiger partial charge >= 0.3 is 5.97 Å². The maximum Gasteiger partial charge on any atom is 0.338 e. The first-order chi connectivity index (χ1) is 13.8. The third kappa shape index (κ3) is 7.07. The van der Waals surface area contributed by atoms with E-state index in [1.54, 1.807) is 24.3 Å². The second kappa shape index (κ2) is 10.8. The highest BCUT2D eigenvalue weighted by atomic mass is 16.5. The molecule has 1 saturated heterocycles. The summed E-state index contributed by atoms with van der Waals surface area (Å²) in [5.41, 5.74) is 0.318. The van der Waals surface area contributed by atoms with E-state index in [0.717, 1.165) is 19.3 Å². The summed E-state index contributed by atoms with van der Waals surface area (Å²) < 4.78 is 10.6. The molecule has 1 aliphatic heterocycles. The zero-order chi connectivity index (χ0) is 21.4. The summed E-state index contributed by atoms with van der Waals surface area (Å²) in [6.07, 6.45) is 3.18. The van der Waals surface area contributed by atoms with E-state index >= 15 is 0 Å². The molecule has 0 saturated carbocycles. The summed E-state index contributed by atoms with van der Waals surface area (Å²) in [5.74, 6) is -0.104. The van der Waals surface area contributed by atoms with Crippen LogP contribution in [0.5, 0.6) is 5.75 Å². The number of esters is 1. The van der Waals surface area contributed by atoms with Crippen molar-refractivity contribution in [3.8, 4) is 5.75 Å². The number of nitrogens with zero attached hydrogens (tertiary/aromatic N) is 1. The minimum absolute atomic E-state index is 0.0272. The highest BCUT2D eigenvalue weighted by molar-refractivity contribution is 5.91. The van der Waals surface area contributed by atoms with E-state index in [1.165, 1.54) is 0 Å². The number of likely N-dealkylation sites (tertiary alicyclic amines) is 1. The maximum absolute atomic E-state index is 12.5. The number of piperidine rings is 1. The number of amides is 2. The zero-order valence-electron chi connectivity index (χ0n) is 17.8. The van der Waals surface area contributed by atoms with Gasteiger partial charge in [0.1, 0.15) is 5.75 Å². The minimum Gasteiger partial charge on any atom is -0.484 e. The molecule has 1 aromatic rings. The lowest BCUT2D eigenvalue weighted by Gasteiger charge is -2.38. The van der Waals surface area contributed by atoms with Crippen LogP contribution in [0.15, 0.2) is 24.3 Å². The van der Waals surface area contributed by atoms with Gasteiger partial charge in [0.05, 0.1) is 5.56 Å². The molecule has 29 heavy (non-hydrogen) atoms. The molecule has 0 bridgehead atoms. The van der Waals surface area contributed by atoms with Crippen LogP contribution in [0.3, 0.4) is 0 Å². The van der Waals surface area contributed by atoms with Crippen molar-refractivity contribution in [2.24, 2.45) is 5.92 Å². The van der Waals surface area contributed by atoms with E-state index < -0.39 is 5.97 Å². The Balaban J connectivity index is 1.79. The van der Waals surface area contributed by atoms with E-state index in [4.69, 9.17) is 9.47 Å². The van der Waals surface area contributed by atoms with Gasteiger partial charge in [-0.25, -0.2) is 4.79 Å². The smallest absolute Gasteiger partial charge is 0.338 e.